The number of aliphatic hydroxyl groups is 6. The summed E-state index contributed by atoms with van der Waals surface area (Å²) < 4.78 is 76.3. The van der Waals surface area contributed by atoms with Gasteiger partial charge in [0.05, 0.1) is 53.5 Å². The van der Waals surface area contributed by atoms with Gasteiger partial charge in [0.1, 0.15) is 40.0 Å². The van der Waals surface area contributed by atoms with Gasteiger partial charge in [-0.2, -0.15) is 31.8 Å². The van der Waals surface area contributed by atoms with E-state index in [1.807, 2.05) is 0 Å². The van der Waals surface area contributed by atoms with Crippen LogP contribution in [0.5, 0.6) is 0 Å². The van der Waals surface area contributed by atoms with Crippen LogP contribution in [0.3, 0.4) is 0 Å². The molecule has 4 aromatic rings. The van der Waals surface area contributed by atoms with Crippen LogP contribution in [-0.4, -0.2) is 177 Å². The average molecular weight is 1060 g/mol. The number of rotatable bonds is 24. The van der Waals surface area contributed by atoms with Crippen molar-refractivity contribution in [1.82, 2.24) is 30.9 Å². The van der Waals surface area contributed by atoms with Crippen LogP contribution in [0, 0.1) is 0 Å². The quantitative estimate of drug-likeness (QED) is 0.0167. The SMILES string of the molecule is NCC(O)CNCC(=O)NCC(O)Cc1nc(NCCCCCC(=O)N[C@@H]2[C@@H](O)[C@@H](O)[C@@H](CO)O[C@H]2O)nc(Nc2ccc(Nc3cc(S(=O)(=O)O)c(N)c4c3C(=O)c3ccccc3C4=O)cc2S(=O)(=O)O)n1. The van der Waals surface area contributed by atoms with Crippen molar-refractivity contribution in [3.05, 3.63) is 76.6 Å². The standard InChI is InChI=1S/C43H55N11O17S2/c44-15-22(57)16-46-18-32(59)48-17-21(56)13-30-51-42(47-11-5-1-2-8-31(58)53-36-40(63)39(62)27(19-55)71-41(36)64)54-43(52-30)50-25-10-9-20(12-28(25)72(65,66)67)49-26-14-29(73(68,69)70)35(45)34-33(26)37(60)23-6-3-4-7-24(23)38(34)61/h3-4,6-7,9-10,12,14,21-22,27,36,39-41,46,49,55-57,62-64H,1-2,5,8,11,13,15-19,44-45H2,(H,48,59)(H,53,58)(H,65,66,67)(H,68,69,70)(H2,47,50,51,52,54)/t21?,22?,27-,36-,39+,40-,41-/m1/s1. The zero-order valence-corrected chi connectivity index (χ0v) is 40.1. The van der Waals surface area contributed by atoms with Crippen LogP contribution < -0.4 is 43.4 Å². The fourth-order valence-electron chi connectivity index (χ4n) is 7.76. The van der Waals surface area contributed by atoms with E-state index in [1.165, 1.54) is 30.3 Å². The molecular formula is C43H55N11O17S2. The first kappa shape index (κ1) is 55.9. The molecule has 2 aliphatic rings. The molecular weight excluding hydrogens is 1010 g/mol. The van der Waals surface area contributed by atoms with Gasteiger partial charge in [0, 0.05) is 55.8 Å². The summed E-state index contributed by atoms with van der Waals surface area (Å²) >= 11 is 0. The van der Waals surface area contributed by atoms with Gasteiger partial charge in [0.25, 0.3) is 20.2 Å². The zero-order valence-electron chi connectivity index (χ0n) is 38.5. The molecule has 2 unspecified atom stereocenters. The third-order valence-electron chi connectivity index (χ3n) is 11.4. The molecule has 1 fully saturated rings. The van der Waals surface area contributed by atoms with Crippen LogP contribution in [0.1, 0.15) is 63.4 Å². The molecule has 18 N–H and O–H groups in total. The van der Waals surface area contributed by atoms with Crippen molar-refractivity contribution in [2.45, 2.75) is 84.7 Å². The number of fused-ring (bicyclic) bond motifs is 2. The number of aromatic nitrogens is 3. The molecule has 1 aromatic heterocycles. The second-order valence-corrected chi connectivity index (χ2v) is 19.6. The predicted molar refractivity (Wildman–Crippen MR) is 256 cm³/mol. The van der Waals surface area contributed by atoms with Crippen molar-refractivity contribution in [3.8, 4) is 0 Å². The number of nitrogens with one attached hydrogen (secondary N) is 6. The molecule has 0 spiro atoms. The molecule has 0 radical (unpaired) electrons. The number of nitrogens with zero attached hydrogens (tertiary/aromatic N) is 3. The van der Waals surface area contributed by atoms with Crippen molar-refractivity contribution < 1.29 is 80.5 Å². The van der Waals surface area contributed by atoms with Gasteiger partial charge in [0.15, 0.2) is 17.9 Å². The first-order chi connectivity index (χ1) is 34.5. The van der Waals surface area contributed by atoms with E-state index in [9.17, 15) is 75.8 Å². The van der Waals surface area contributed by atoms with Gasteiger partial charge in [-0.3, -0.25) is 28.3 Å². The number of carbonyl (C=O) groups is 4. The van der Waals surface area contributed by atoms with Crippen LogP contribution >= 0.6 is 0 Å². The third-order valence-corrected chi connectivity index (χ3v) is 13.2. The third kappa shape index (κ3) is 14.0. The summed E-state index contributed by atoms with van der Waals surface area (Å²) in [5.74, 6) is -3.18. The van der Waals surface area contributed by atoms with E-state index < -0.39 is 114 Å². The molecule has 1 aliphatic heterocycles. The summed E-state index contributed by atoms with van der Waals surface area (Å²) in [6.07, 6.45) is -7.46. The van der Waals surface area contributed by atoms with E-state index in [1.54, 1.807) is 0 Å². The van der Waals surface area contributed by atoms with Gasteiger partial charge in [-0.25, -0.2) is 0 Å². The number of nitrogen functional groups attached to an aromatic ring is 1. The molecule has 30 heteroatoms. The number of carbonyl (C=O) groups excluding carboxylic acids is 4. The Kier molecular flexibility index (Phi) is 18.5. The van der Waals surface area contributed by atoms with Crippen LogP contribution in [0.15, 0.2) is 58.3 Å². The number of hydrogen-bond acceptors (Lipinski definition) is 24. The Balaban J connectivity index is 1.20. The second kappa shape index (κ2) is 24.1. The largest absolute Gasteiger partial charge is 0.397 e. The topological polar surface area (TPSA) is 471 Å². The van der Waals surface area contributed by atoms with Crippen molar-refractivity contribution in [2.24, 2.45) is 5.73 Å². The lowest BCUT2D eigenvalue weighted by atomic mass is 9.82. The number of benzene rings is 3. The molecule has 0 saturated carbocycles. The molecule has 0 bridgehead atoms. The van der Waals surface area contributed by atoms with E-state index in [0.29, 0.717) is 19.3 Å². The first-order valence-corrected chi connectivity index (χ1v) is 25.3. The van der Waals surface area contributed by atoms with E-state index in [4.69, 9.17) is 16.2 Å². The number of hydrogen-bond donors (Lipinski definition) is 16. The fourth-order valence-corrected chi connectivity index (χ4v) is 9.08. The number of unbranched alkanes of at least 4 members (excludes halogenated alkanes) is 2. The maximum absolute atomic E-state index is 13.8. The van der Waals surface area contributed by atoms with Crippen LogP contribution in [0.4, 0.5) is 34.6 Å². The number of anilines is 6. The average Bonchev–Trinajstić information content (AvgIpc) is 3.33. The maximum Gasteiger partial charge on any atom is 0.296 e. The minimum atomic E-state index is -5.15. The van der Waals surface area contributed by atoms with E-state index in [0.717, 1.165) is 18.2 Å². The van der Waals surface area contributed by atoms with Gasteiger partial charge < -0.3 is 78.7 Å². The van der Waals surface area contributed by atoms with Crippen molar-refractivity contribution in [3.63, 3.8) is 0 Å². The Morgan fingerprint density at radius 1 is 0.767 bits per heavy atom. The van der Waals surface area contributed by atoms with Gasteiger partial charge in [0.2, 0.25) is 23.7 Å². The maximum atomic E-state index is 13.8. The van der Waals surface area contributed by atoms with Gasteiger partial charge >= 0.3 is 0 Å². The lowest BCUT2D eigenvalue weighted by Crippen LogP contribution is -2.64. The van der Waals surface area contributed by atoms with Crippen LogP contribution in [-0.2, 0) is 41.0 Å². The van der Waals surface area contributed by atoms with Crippen molar-refractivity contribution in [2.75, 3.05) is 61.0 Å². The Labute approximate surface area is 416 Å². The summed E-state index contributed by atoms with van der Waals surface area (Å²) in [6, 6.07) is 8.35. The number of amides is 2. The molecule has 2 amide bonds. The molecule has 3 aromatic carbocycles. The fraction of sp³-hybridized carbons (Fsp3) is 0.419. The minimum absolute atomic E-state index is 0.0276. The second-order valence-electron chi connectivity index (χ2n) is 16.8. The number of aliphatic hydroxyl groups excluding tert-OH is 6. The number of nitrogens with two attached hydrogens (primary N) is 2. The smallest absolute Gasteiger partial charge is 0.296 e. The van der Waals surface area contributed by atoms with Gasteiger partial charge in [-0.15, -0.1) is 0 Å². The number of ether oxygens (including phenoxy) is 1. The summed E-state index contributed by atoms with van der Waals surface area (Å²) in [5, 5.41) is 76.3. The Morgan fingerprint density at radius 3 is 2.10 bits per heavy atom. The first-order valence-electron chi connectivity index (χ1n) is 22.4. The Hall–Kier alpha value is -6.39. The van der Waals surface area contributed by atoms with E-state index >= 15 is 0 Å². The molecule has 1 aliphatic carbocycles. The van der Waals surface area contributed by atoms with Crippen LogP contribution in [0.25, 0.3) is 0 Å². The minimum Gasteiger partial charge on any atom is -0.397 e. The van der Waals surface area contributed by atoms with E-state index in [-0.39, 0.29) is 97.0 Å². The lowest BCUT2D eigenvalue weighted by molar-refractivity contribution is -0.253. The molecule has 2 heterocycles. The molecule has 28 nitrogen and oxygen atoms in total. The Morgan fingerprint density at radius 2 is 1.44 bits per heavy atom. The van der Waals surface area contributed by atoms with Gasteiger partial charge in [-0.1, -0.05) is 30.7 Å². The molecule has 396 valence electrons. The van der Waals surface area contributed by atoms with Crippen LogP contribution in [0.2, 0.25) is 0 Å². The molecule has 7 atom stereocenters. The summed E-state index contributed by atoms with van der Waals surface area (Å²) in [4.78, 5) is 63.6. The molecule has 1 saturated heterocycles. The lowest BCUT2D eigenvalue weighted by Gasteiger charge is -2.40. The van der Waals surface area contributed by atoms with E-state index in [2.05, 4.69) is 46.9 Å². The molecule has 6 rings (SSSR count). The summed E-state index contributed by atoms with van der Waals surface area (Å²) in [5.41, 5.74) is 8.77. The van der Waals surface area contributed by atoms with Crippen molar-refractivity contribution in [1.29, 1.82) is 0 Å². The Bertz CT molecular complexity index is 2930. The summed E-state index contributed by atoms with van der Waals surface area (Å²) in [6.45, 7) is -0.958. The highest BCUT2D eigenvalue weighted by Gasteiger charge is 2.44. The number of ketones is 2. The zero-order chi connectivity index (χ0) is 53.4. The van der Waals surface area contributed by atoms with Crippen molar-refractivity contribution >= 4 is 78.3 Å². The normalized spacial score (nSPS) is 19.5. The monoisotopic (exact) mass is 1060 g/mol. The van der Waals surface area contributed by atoms with Gasteiger partial charge in [-0.05, 0) is 37.1 Å². The summed E-state index contributed by atoms with van der Waals surface area (Å²) in [7, 11) is -10.3. The highest BCUT2D eigenvalue weighted by atomic mass is 32.2. The molecule has 73 heavy (non-hydrogen) atoms. The highest BCUT2D eigenvalue weighted by molar-refractivity contribution is 7.86. The predicted octanol–water partition coefficient (Wildman–Crippen LogP) is -2.97. The highest BCUT2D eigenvalue weighted by Crippen LogP contribution is 2.41.